The third-order valence-corrected chi connectivity index (χ3v) is 6.96. The second-order valence-electron chi connectivity index (χ2n) is 9.42. The number of aryl methyl sites for hydroxylation is 1. The van der Waals surface area contributed by atoms with E-state index in [-0.39, 0.29) is 11.7 Å². The highest BCUT2D eigenvalue weighted by Gasteiger charge is 2.24. The number of ketones is 1. The van der Waals surface area contributed by atoms with Crippen molar-refractivity contribution in [1.82, 2.24) is 19.4 Å². The Morgan fingerprint density at radius 1 is 1.08 bits per heavy atom. The summed E-state index contributed by atoms with van der Waals surface area (Å²) in [5.41, 5.74) is 5.08. The highest BCUT2D eigenvalue weighted by atomic mass is 16.5. The first-order valence-electron chi connectivity index (χ1n) is 12.4. The molecule has 36 heavy (non-hydrogen) atoms. The molecule has 186 valence electrons. The first kappa shape index (κ1) is 24.1. The summed E-state index contributed by atoms with van der Waals surface area (Å²) in [6.45, 7) is 7.25. The molecule has 1 fully saturated rings. The molecule has 0 saturated carbocycles. The second kappa shape index (κ2) is 10.6. The quantitative estimate of drug-likeness (QED) is 0.524. The Morgan fingerprint density at radius 2 is 1.92 bits per heavy atom. The van der Waals surface area contributed by atoms with Gasteiger partial charge in [0.1, 0.15) is 5.82 Å². The smallest absolute Gasteiger partial charge is 0.257 e. The van der Waals surface area contributed by atoms with Gasteiger partial charge in [0.2, 0.25) is 0 Å². The van der Waals surface area contributed by atoms with Crippen molar-refractivity contribution in [3.8, 4) is 5.82 Å². The molecule has 1 unspecified atom stereocenters. The lowest BCUT2D eigenvalue weighted by atomic mass is 9.90. The Labute approximate surface area is 211 Å². The van der Waals surface area contributed by atoms with E-state index in [9.17, 15) is 9.59 Å². The van der Waals surface area contributed by atoms with E-state index in [2.05, 4.69) is 21.3 Å². The number of morpholine rings is 1. The largest absolute Gasteiger partial charge is 0.379 e. The van der Waals surface area contributed by atoms with Crippen LogP contribution in [0.2, 0.25) is 0 Å². The molecule has 1 atom stereocenters. The molecule has 3 aromatic heterocycles. The fourth-order valence-corrected chi connectivity index (χ4v) is 4.91. The van der Waals surface area contributed by atoms with Gasteiger partial charge in [0.05, 0.1) is 36.4 Å². The maximum Gasteiger partial charge on any atom is 0.257 e. The molecule has 3 aromatic rings. The number of hydrogen-bond acceptors (Lipinski definition) is 6. The van der Waals surface area contributed by atoms with Gasteiger partial charge in [-0.2, -0.15) is 0 Å². The summed E-state index contributed by atoms with van der Waals surface area (Å²) in [5.74, 6) is 0.388. The summed E-state index contributed by atoms with van der Waals surface area (Å²) in [6.07, 6.45) is 12.3. The Balaban J connectivity index is 1.22. The number of amides is 1. The van der Waals surface area contributed by atoms with Gasteiger partial charge in [-0.3, -0.25) is 19.5 Å². The number of Topliss-reactive ketones (excluding diaryl/α,β-unsaturated/α-hetero) is 1. The molecule has 2 aliphatic rings. The van der Waals surface area contributed by atoms with Crippen molar-refractivity contribution in [2.75, 3.05) is 31.6 Å². The van der Waals surface area contributed by atoms with Crippen molar-refractivity contribution in [2.24, 2.45) is 0 Å². The third-order valence-electron chi connectivity index (χ3n) is 6.96. The maximum absolute atomic E-state index is 12.8. The fourth-order valence-electron chi connectivity index (χ4n) is 4.91. The SMILES string of the molecule is CC(=O)c1ccc(-n2ccc(C(=O)Nc3cnc(C4=CCC(N5CCOCC5)CC4)c(C)c3)c2)nc1. The standard InChI is InChI=1S/C28H31N5O3/c1-19-15-24(17-30-27(19)21-3-6-25(7-4-21)32-11-13-36-14-12-32)31-28(35)23-9-10-33(18-23)26-8-5-22(16-29-26)20(2)34/h3,5,8-10,15-18,25H,4,6-7,11-14H2,1-2H3,(H,31,35). The summed E-state index contributed by atoms with van der Waals surface area (Å²) >= 11 is 0. The molecule has 8 nitrogen and oxygen atoms in total. The van der Waals surface area contributed by atoms with Gasteiger partial charge in [-0.05, 0) is 68.5 Å². The van der Waals surface area contributed by atoms with Crippen LogP contribution < -0.4 is 5.32 Å². The predicted octanol–water partition coefficient (Wildman–Crippen LogP) is 4.30. The van der Waals surface area contributed by atoms with Crippen molar-refractivity contribution in [1.29, 1.82) is 0 Å². The van der Waals surface area contributed by atoms with Crippen LogP contribution in [0.1, 0.15) is 58.2 Å². The molecule has 8 heteroatoms. The molecule has 0 radical (unpaired) electrons. The van der Waals surface area contributed by atoms with Gasteiger partial charge < -0.3 is 14.6 Å². The zero-order chi connectivity index (χ0) is 25.1. The monoisotopic (exact) mass is 485 g/mol. The molecule has 0 aromatic carbocycles. The molecule has 5 rings (SSSR count). The van der Waals surface area contributed by atoms with Crippen LogP contribution in [0.25, 0.3) is 11.4 Å². The van der Waals surface area contributed by atoms with Crippen molar-refractivity contribution in [2.45, 2.75) is 39.2 Å². The van der Waals surface area contributed by atoms with E-state index in [0.29, 0.717) is 28.7 Å². The zero-order valence-corrected chi connectivity index (χ0v) is 20.7. The summed E-state index contributed by atoms with van der Waals surface area (Å²) in [6, 6.07) is 7.79. The number of pyridine rings is 2. The Kier molecular flexibility index (Phi) is 7.06. The van der Waals surface area contributed by atoms with E-state index in [1.807, 2.05) is 13.0 Å². The van der Waals surface area contributed by atoms with E-state index < -0.39 is 0 Å². The normalized spacial score (nSPS) is 18.5. The highest BCUT2D eigenvalue weighted by molar-refractivity contribution is 6.04. The molecular weight excluding hydrogens is 454 g/mol. The van der Waals surface area contributed by atoms with Crippen LogP contribution in [0.5, 0.6) is 0 Å². The molecule has 1 N–H and O–H groups in total. The Bertz CT molecular complexity index is 1290. The van der Waals surface area contributed by atoms with Crippen LogP contribution in [-0.2, 0) is 4.74 Å². The molecule has 1 aliphatic heterocycles. The first-order valence-corrected chi connectivity index (χ1v) is 12.4. The minimum Gasteiger partial charge on any atom is -0.379 e. The molecule has 0 bridgehead atoms. The van der Waals surface area contributed by atoms with Gasteiger partial charge >= 0.3 is 0 Å². The first-order chi connectivity index (χ1) is 17.5. The topological polar surface area (TPSA) is 89.4 Å². The van der Waals surface area contributed by atoms with Gasteiger partial charge in [-0.15, -0.1) is 0 Å². The molecular formula is C28H31N5O3. The van der Waals surface area contributed by atoms with Crippen LogP contribution in [0, 0.1) is 6.92 Å². The number of hydrogen-bond donors (Lipinski definition) is 1. The molecule has 4 heterocycles. The minimum absolute atomic E-state index is 0.0338. The molecule has 0 spiro atoms. The van der Waals surface area contributed by atoms with E-state index >= 15 is 0 Å². The average molecular weight is 486 g/mol. The number of rotatable bonds is 6. The summed E-state index contributed by atoms with van der Waals surface area (Å²) in [4.78, 5) is 35.9. The van der Waals surface area contributed by atoms with Crippen molar-refractivity contribution < 1.29 is 14.3 Å². The van der Waals surface area contributed by atoms with Gasteiger partial charge in [-0.1, -0.05) is 6.08 Å². The number of nitrogens with zero attached hydrogens (tertiary/aromatic N) is 4. The molecule has 1 saturated heterocycles. The Morgan fingerprint density at radius 3 is 2.58 bits per heavy atom. The third kappa shape index (κ3) is 5.29. The van der Waals surface area contributed by atoms with Gasteiger partial charge in [-0.25, -0.2) is 4.98 Å². The van der Waals surface area contributed by atoms with E-state index in [4.69, 9.17) is 9.72 Å². The van der Waals surface area contributed by atoms with E-state index in [0.717, 1.165) is 56.8 Å². The second-order valence-corrected chi connectivity index (χ2v) is 9.42. The number of ether oxygens (including phenoxy) is 1. The van der Waals surface area contributed by atoms with E-state index in [1.165, 1.54) is 18.7 Å². The van der Waals surface area contributed by atoms with Crippen LogP contribution >= 0.6 is 0 Å². The highest BCUT2D eigenvalue weighted by Crippen LogP contribution is 2.31. The number of carbonyl (C=O) groups excluding carboxylic acids is 2. The van der Waals surface area contributed by atoms with Crippen molar-refractivity contribution >= 4 is 23.0 Å². The van der Waals surface area contributed by atoms with Gasteiger partial charge in [0.25, 0.3) is 5.91 Å². The zero-order valence-electron chi connectivity index (χ0n) is 20.7. The summed E-state index contributed by atoms with van der Waals surface area (Å²) in [5, 5.41) is 2.95. The van der Waals surface area contributed by atoms with E-state index in [1.54, 1.807) is 41.4 Å². The van der Waals surface area contributed by atoms with Crippen molar-refractivity contribution in [3.05, 3.63) is 77.5 Å². The molecule has 1 aliphatic carbocycles. The lowest BCUT2D eigenvalue weighted by Crippen LogP contribution is -2.43. The van der Waals surface area contributed by atoms with Gasteiger partial charge in [0, 0.05) is 43.3 Å². The minimum atomic E-state index is -0.215. The van der Waals surface area contributed by atoms with Crippen LogP contribution in [-0.4, -0.2) is 63.5 Å². The predicted molar refractivity (Wildman–Crippen MR) is 139 cm³/mol. The van der Waals surface area contributed by atoms with Gasteiger partial charge in [0.15, 0.2) is 5.78 Å². The lowest BCUT2D eigenvalue weighted by Gasteiger charge is -2.36. The number of anilines is 1. The average Bonchev–Trinajstić information content (AvgIpc) is 3.40. The number of allylic oxidation sites excluding steroid dienone is 1. The maximum atomic E-state index is 12.8. The van der Waals surface area contributed by atoms with Crippen LogP contribution in [0.15, 0.2) is 55.1 Å². The number of nitrogens with one attached hydrogen (secondary N) is 1. The summed E-state index contributed by atoms with van der Waals surface area (Å²) < 4.78 is 7.24. The Hall–Kier alpha value is -3.62. The lowest BCUT2D eigenvalue weighted by molar-refractivity contribution is 0.0150. The van der Waals surface area contributed by atoms with Crippen LogP contribution in [0.3, 0.4) is 0 Å². The summed E-state index contributed by atoms with van der Waals surface area (Å²) in [7, 11) is 0. The van der Waals surface area contributed by atoms with Crippen LogP contribution in [0.4, 0.5) is 5.69 Å². The fraction of sp³-hybridized carbons (Fsp3) is 0.357. The number of carbonyl (C=O) groups is 2. The van der Waals surface area contributed by atoms with Crippen molar-refractivity contribution in [3.63, 3.8) is 0 Å². The number of aromatic nitrogens is 3. The molecule has 1 amide bonds.